The third-order valence-corrected chi connectivity index (χ3v) is 5.30. The molecule has 0 aliphatic heterocycles. The largest absolute Gasteiger partial charge is 0.275 e. The molecular weight excluding hydrogens is 297 g/mol. The normalized spacial score (nSPS) is 12.2. The first-order valence-electron chi connectivity index (χ1n) is 6.02. The topological polar surface area (TPSA) is 47.8 Å². The summed E-state index contributed by atoms with van der Waals surface area (Å²) in [7, 11) is 0. The summed E-state index contributed by atoms with van der Waals surface area (Å²) in [4.78, 5) is 12.3. The highest BCUT2D eigenvalue weighted by Crippen LogP contribution is 2.28. The van der Waals surface area contributed by atoms with Crippen molar-refractivity contribution in [3.05, 3.63) is 39.4 Å². The van der Waals surface area contributed by atoms with E-state index in [-0.39, 0.29) is 11.0 Å². The van der Waals surface area contributed by atoms with E-state index in [1.165, 1.54) is 39.0 Å². The average Bonchev–Trinajstić information content (AvgIpc) is 2.95. The van der Waals surface area contributed by atoms with Crippen LogP contribution in [0.1, 0.15) is 25.8 Å². The lowest BCUT2D eigenvalue weighted by Crippen LogP contribution is -2.10. The first kappa shape index (κ1) is 13.4. The number of fused-ring (bicyclic) bond motifs is 1. The molecule has 104 valence electrons. The number of benzene rings is 1. The number of rotatable bonds is 1. The second-order valence-electron chi connectivity index (χ2n) is 5.47. The third kappa shape index (κ3) is 2.16. The molecule has 0 aliphatic carbocycles. The standard InChI is InChI=1S/C13H12FN3OS2/c1-13(2,3)11-15-16-12(19-11)17-10(18)8-6-7(14)4-5-9(8)20-17/h4-6H,1-3H3. The summed E-state index contributed by atoms with van der Waals surface area (Å²) in [5.74, 6) is -0.410. The van der Waals surface area contributed by atoms with Crippen molar-refractivity contribution in [1.82, 2.24) is 14.2 Å². The van der Waals surface area contributed by atoms with Crippen molar-refractivity contribution in [3.8, 4) is 5.13 Å². The van der Waals surface area contributed by atoms with E-state index in [2.05, 4.69) is 10.2 Å². The summed E-state index contributed by atoms with van der Waals surface area (Å²) in [5.41, 5.74) is -0.358. The SMILES string of the molecule is CC(C)(C)c1nnc(-n2sc3ccc(F)cc3c2=O)s1. The van der Waals surface area contributed by atoms with Gasteiger partial charge in [0.15, 0.2) is 0 Å². The molecule has 20 heavy (non-hydrogen) atoms. The summed E-state index contributed by atoms with van der Waals surface area (Å²) >= 11 is 2.64. The van der Waals surface area contributed by atoms with Crippen molar-refractivity contribution in [1.29, 1.82) is 0 Å². The lowest BCUT2D eigenvalue weighted by molar-refractivity contribution is 0.578. The van der Waals surface area contributed by atoms with Crippen LogP contribution in [0.25, 0.3) is 15.2 Å². The number of nitrogens with zero attached hydrogens (tertiary/aromatic N) is 3. The Bertz CT molecular complexity index is 841. The van der Waals surface area contributed by atoms with Gasteiger partial charge in [0.1, 0.15) is 10.8 Å². The highest BCUT2D eigenvalue weighted by atomic mass is 32.1. The van der Waals surface area contributed by atoms with Crippen LogP contribution in [0.15, 0.2) is 23.0 Å². The molecule has 0 N–H and O–H groups in total. The zero-order valence-corrected chi connectivity index (χ0v) is 12.8. The molecule has 2 aromatic heterocycles. The van der Waals surface area contributed by atoms with Crippen molar-refractivity contribution in [3.63, 3.8) is 0 Å². The van der Waals surface area contributed by atoms with E-state index in [9.17, 15) is 9.18 Å². The van der Waals surface area contributed by atoms with Crippen molar-refractivity contribution < 1.29 is 4.39 Å². The number of hydrogen-bond donors (Lipinski definition) is 0. The molecule has 7 heteroatoms. The Kier molecular flexibility index (Phi) is 2.98. The fraction of sp³-hybridized carbons (Fsp3) is 0.308. The predicted octanol–water partition coefficient (Wildman–Crippen LogP) is 3.34. The Balaban J connectivity index is 2.18. The van der Waals surface area contributed by atoms with Crippen LogP contribution in [0.3, 0.4) is 0 Å². The highest BCUT2D eigenvalue weighted by molar-refractivity contribution is 7.18. The van der Waals surface area contributed by atoms with Crippen molar-refractivity contribution in [2.75, 3.05) is 0 Å². The molecule has 0 amide bonds. The monoisotopic (exact) mass is 309 g/mol. The summed E-state index contributed by atoms with van der Waals surface area (Å²) in [6.45, 7) is 6.13. The van der Waals surface area contributed by atoms with Gasteiger partial charge >= 0.3 is 0 Å². The average molecular weight is 309 g/mol. The quantitative estimate of drug-likeness (QED) is 0.692. The van der Waals surface area contributed by atoms with Gasteiger partial charge in [0, 0.05) is 5.41 Å². The number of hydrogen-bond acceptors (Lipinski definition) is 5. The molecule has 0 atom stereocenters. The first-order valence-corrected chi connectivity index (χ1v) is 7.61. The smallest absolute Gasteiger partial charge is 0.267 e. The fourth-order valence-corrected chi connectivity index (χ4v) is 3.62. The Morgan fingerprint density at radius 3 is 2.65 bits per heavy atom. The maximum Gasteiger partial charge on any atom is 0.275 e. The van der Waals surface area contributed by atoms with Gasteiger partial charge in [-0.2, -0.15) is 0 Å². The minimum absolute atomic E-state index is 0.109. The molecule has 3 aromatic rings. The van der Waals surface area contributed by atoms with Crippen LogP contribution in [-0.4, -0.2) is 14.2 Å². The van der Waals surface area contributed by atoms with Gasteiger partial charge < -0.3 is 0 Å². The Labute approximate surface area is 122 Å². The molecule has 2 heterocycles. The Morgan fingerprint density at radius 1 is 1.25 bits per heavy atom. The van der Waals surface area contributed by atoms with Gasteiger partial charge in [0.25, 0.3) is 5.56 Å². The molecule has 1 aromatic carbocycles. The predicted molar refractivity (Wildman–Crippen MR) is 79.5 cm³/mol. The first-order chi connectivity index (χ1) is 9.36. The zero-order valence-electron chi connectivity index (χ0n) is 11.2. The highest BCUT2D eigenvalue weighted by Gasteiger charge is 2.21. The number of halogens is 1. The second kappa shape index (κ2) is 4.46. The van der Waals surface area contributed by atoms with Crippen LogP contribution in [0.5, 0.6) is 0 Å². The second-order valence-corrected chi connectivity index (χ2v) is 7.41. The molecule has 3 rings (SSSR count). The van der Waals surface area contributed by atoms with Crippen LogP contribution in [0, 0.1) is 5.82 Å². The van der Waals surface area contributed by atoms with E-state index in [0.29, 0.717) is 10.5 Å². The van der Waals surface area contributed by atoms with Crippen molar-refractivity contribution >= 4 is 33.0 Å². The minimum Gasteiger partial charge on any atom is -0.267 e. The van der Waals surface area contributed by atoms with Gasteiger partial charge in [-0.3, -0.25) is 4.79 Å². The Hall–Kier alpha value is -1.60. The van der Waals surface area contributed by atoms with Gasteiger partial charge in [0.2, 0.25) is 5.13 Å². The number of aromatic nitrogens is 3. The molecule has 4 nitrogen and oxygen atoms in total. The molecular formula is C13H12FN3OS2. The molecule has 0 unspecified atom stereocenters. The van der Waals surface area contributed by atoms with E-state index >= 15 is 0 Å². The summed E-state index contributed by atoms with van der Waals surface area (Å²) in [5, 5.41) is 9.98. The molecule has 0 radical (unpaired) electrons. The van der Waals surface area contributed by atoms with E-state index in [1.54, 1.807) is 6.07 Å². The molecule has 0 bridgehead atoms. The summed E-state index contributed by atoms with van der Waals surface area (Å²) in [6.07, 6.45) is 0. The van der Waals surface area contributed by atoms with Gasteiger partial charge in [-0.25, -0.2) is 8.35 Å². The molecule has 0 saturated carbocycles. The van der Waals surface area contributed by atoms with Gasteiger partial charge in [0.05, 0.1) is 10.1 Å². The van der Waals surface area contributed by atoms with Gasteiger partial charge in [-0.05, 0) is 29.7 Å². The molecule has 0 saturated heterocycles. The van der Waals surface area contributed by atoms with Gasteiger partial charge in [-0.1, -0.05) is 32.1 Å². The summed E-state index contributed by atoms with van der Waals surface area (Å²) < 4.78 is 15.4. The molecule has 0 fully saturated rings. The maximum atomic E-state index is 13.2. The van der Waals surface area contributed by atoms with Crippen LogP contribution in [0.4, 0.5) is 4.39 Å². The van der Waals surface area contributed by atoms with Gasteiger partial charge in [-0.15, -0.1) is 10.2 Å². The lowest BCUT2D eigenvalue weighted by atomic mass is 9.98. The van der Waals surface area contributed by atoms with Crippen molar-refractivity contribution in [2.24, 2.45) is 0 Å². The summed E-state index contributed by atoms with van der Waals surface area (Å²) in [6, 6.07) is 4.22. The van der Waals surface area contributed by atoms with Crippen LogP contribution in [-0.2, 0) is 5.41 Å². The van der Waals surface area contributed by atoms with E-state index in [4.69, 9.17) is 0 Å². The molecule has 0 aliphatic rings. The minimum atomic E-state index is -0.410. The maximum absolute atomic E-state index is 13.2. The third-order valence-electron chi connectivity index (χ3n) is 2.78. The Morgan fingerprint density at radius 2 is 2.00 bits per heavy atom. The van der Waals surface area contributed by atoms with E-state index in [1.807, 2.05) is 20.8 Å². The van der Waals surface area contributed by atoms with Crippen LogP contribution in [0.2, 0.25) is 0 Å². The lowest BCUT2D eigenvalue weighted by Gasteiger charge is -2.12. The zero-order chi connectivity index (χ0) is 14.5. The van der Waals surface area contributed by atoms with Crippen LogP contribution >= 0.6 is 22.9 Å². The van der Waals surface area contributed by atoms with E-state index < -0.39 is 5.82 Å². The van der Waals surface area contributed by atoms with Crippen molar-refractivity contribution in [2.45, 2.75) is 26.2 Å². The fourth-order valence-electron chi connectivity index (χ4n) is 1.72. The molecule has 0 spiro atoms. The van der Waals surface area contributed by atoms with E-state index in [0.717, 1.165) is 9.71 Å². The van der Waals surface area contributed by atoms with Crippen LogP contribution < -0.4 is 5.56 Å².